The lowest BCUT2D eigenvalue weighted by Crippen LogP contribution is -1.90. The molecule has 1 aromatic heterocycles. The summed E-state index contributed by atoms with van der Waals surface area (Å²) in [5.74, 6) is 0.197. The fourth-order valence-corrected chi connectivity index (χ4v) is 3.08. The average Bonchev–Trinajstić information content (AvgIpc) is 2.96. The number of aromatic hydroxyl groups is 1. The lowest BCUT2D eigenvalue weighted by molar-refractivity contribution is 0.475. The topological polar surface area (TPSA) is 57.5 Å². The van der Waals surface area contributed by atoms with Crippen molar-refractivity contribution in [1.82, 2.24) is 4.98 Å². The van der Waals surface area contributed by atoms with Gasteiger partial charge in [-0.25, -0.2) is 4.98 Å². The Morgan fingerprint density at radius 3 is 2.83 bits per heavy atom. The first-order chi connectivity index (χ1) is 11.1. The number of nitrogens with zero attached hydrogens (tertiary/aromatic N) is 2. The molecule has 0 spiro atoms. The fourth-order valence-electron chi connectivity index (χ4n) is 1.91. The maximum absolute atomic E-state index is 9.39. The van der Waals surface area contributed by atoms with Crippen LogP contribution in [0.4, 0.5) is 5.13 Å². The maximum Gasteiger partial charge on any atom is 0.203 e. The highest BCUT2D eigenvalue weighted by Gasteiger charge is 2.08. The number of hydrogen-bond donors (Lipinski definition) is 2. The third kappa shape index (κ3) is 4.01. The first kappa shape index (κ1) is 15.8. The van der Waals surface area contributed by atoms with E-state index in [9.17, 15) is 5.11 Å². The molecule has 116 valence electrons. The molecule has 0 fully saturated rings. The number of nitrogens with one attached hydrogen (secondary N) is 1. The molecular weight excluding hydrogens is 353 g/mol. The smallest absolute Gasteiger partial charge is 0.203 e. The van der Waals surface area contributed by atoms with E-state index in [-0.39, 0.29) is 5.75 Å². The molecule has 3 aromatic rings. The summed E-state index contributed by atoms with van der Waals surface area (Å²) < 4.78 is 0. The van der Waals surface area contributed by atoms with Gasteiger partial charge in [0.25, 0.3) is 0 Å². The second-order valence-corrected chi connectivity index (χ2v) is 6.33. The molecule has 4 nitrogen and oxygen atoms in total. The van der Waals surface area contributed by atoms with Gasteiger partial charge in [-0.1, -0.05) is 35.3 Å². The molecule has 2 aromatic carbocycles. The molecular formula is C16H11Cl2N3OS. The van der Waals surface area contributed by atoms with Crippen molar-refractivity contribution < 1.29 is 5.11 Å². The summed E-state index contributed by atoms with van der Waals surface area (Å²) in [5.41, 5.74) is 5.22. The number of anilines is 1. The maximum atomic E-state index is 9.39. The third-order valence-corrected chi connectivity index (χ3v) is 4.25. The van der Waals surface area contributed by atoms with Crippen LogP contribution in [-0.2, 0) is 0 Å². The van der Waals surface area contributed by atoms with Crippen molar-refractivity contribution >= 4 is 45.9 Å². The molecule has 0 saturated heterocycles. The van der Waals surface area contributed by atoms with Gasteiger partial charge in [0.2, 0.25) is 5.13 Å². The molecule has 23 heavy (non-hydrogen) atoms. The van der Waals surface area contributed by atoms with Crippen molar-refractivity contribution in [3.05, 3.63) is 63.5 Å². The molecule has 0 aliphatic heterocycles. The molecule has 0 bridgehead atoms. The Bertz CT molecular complexity index is 864. The Kier molecular flexibility index (Phi) is 4.81. The van der Waals surface area contributed by atoms with Crippen LogP contribution in [0.2, 0.25) is 10.0 Å². The molecule has 0 saturated carbocycles. The molecule has 0 atom stereocenters. The number of halogens is 2. The summed E-state index contributed by atoms with van der Waals surface area (Å²) in [4.78, 5) is 4.44. The highest BCUT2D eigenvalue weighted by Crippen LogP contribution is 2.32. The average molecular weight is 364 g/mol. The van der Waals surface area contributed by atoms with Crippen molar-refractivity contribution in [3.8, 4) is 17.0 Å². The lowest BCUT2D eigenvalue weighted by atomic mass is 10.2. The first-order valence-corrected chi connectivity index (χ1v) is 8.24. The van der Waals surface area contributed by atoms with Crippen molar-refractivity contribution in [2.75, 3.05) is 5.43 Å². The summed E-state index contributed by atoms with van der Waals surface area (Å²) in [6, 6.07) is 12.1. The van der Waals surface area contributed by atoms with Gasteiger partial charge in [-0.2, -0.15) is 5.10 Å². The van der Waals surface area contributed by atoms with Gasteiger partial charge in [0.15, 0.2) is 0 Å². The summed E-state index contributed by atoms with van der Waals surface area (Å²) >= 11 is 13.5. The Labute approximate surface area is 147 Å². The molecule has 7 heteroatoms. The summed E-state index contributed by atoms with van der Waals surface area (Å²) in [5, 5.41) is 17.2. The monoisotopic (exact) mass is 363 g/mol. The van der Waals surface area contributed by atoms with Crippen LogP contribution < -0.4 is 5.43 Å². The lowest BCUT2D eigenvalue weighted by Gasteiger charge is -2.00. The van der Waals surface area contributed by atoms with Crippen LogP contribution in [0.1, 0.15) is 5.56 Å². The second-order valence-electron chi connectivity index (χ2n) is 4.63. The highest BCUT2D eigenvalue weighted by molar-refractivity contribution is 7.14. The van der Waals surface area contributed by atoms with Gasteiger partial charge >= 0.3 is 0 Å². The van der Waals surface area contributed by atoms with Gasteiger partial charge in [-0.15, -0.1) is 11.3 Å². The van der Waals surface area contributed by atoms with Gasteiger partial charge in [-0.3, -0.25) is 5.43 Å². The SMILES string of the molecule is Oc1cccc(C=NNc2nc(-c3ccc(Cl)cc3Cl)cs2)c1. The van der Waals surface area contributed by atoms with E-state index in [0.717, 1.165) is 16.8 Å². The Balaban J connectivity index is 1.72. The number of phenols is 1. The van der Waals surface area contributed by atoms with Gasteiger partial charge in [-0.05, 0) is 35.9 Å². The van der Waals surface area contributed by atoms with Crippen molar-refractivity contribution in [2.24, 2.45) is 5.10 Å². The normalized spacial score (nSPS) is 11.0. The Hall–Kier alpha value is -2.08. The molecule has 2 N–H and O–H groups in total. The third-order valence-electron chi connectivity index (χ3n) is 2.96. The Morgan fingerprint density at radius 2 is 2.04 bits per heavy atom. The van der Waals surface area contributed by atoms with E-state index in [1.165, 1.54) is 11.3 Å². The van der Waals surface area contributed by atoms with E-state index < -0.39 is 0 Å². The summed E-state index contributed by atoms with van der Waals surface area (Å²) in [6.45, 7) is 0. The molecule has 3 rings (SSSR count). The number of phenolic OH excluding ortho intramolecular Hbond substituents is 1. The van der Waals surface area contributed by atoms with Crippen molar-refractivity contribution in [3.63, 3.8) is 0 Å². The number of hydrazone groups is 1. The van der Waals surface area contributed by atoms with Crippen LogP contribution in [0.25, 0.3) is 11.3 Å². The molecule has 0 radical (unpaired) electrons. The standard InChI is InChI=1S/C16H11Cl2N3OS/c17-11-4-5-13(14(18)7-11)15-9-23-16(20-15)21-19-8-10-2-1-3-12(22)6-10/h1-9,22H,(H,20,21). The van der Waals surface area contributed by atoms with Gasteiger partial charge < -0.3 is 5.11 Å². The zero-order valence-corrected chi connectivity index (χ0v) is 14.0. The summed E-state index contributed by atoms with van der Waals surface area (Å²) in [6.07, 6.45) is 1.61. The van der Waals surface area contributed by atoms with Gasteiger partial charge in [0.1, 0.15) is 5.75 Å². The molecule has 0 aliphatic rings. The van der Waals surface area contributed by atoms with Crippen molar-refractivity contribution in [1.29, 1.82) is 0 Å². The number of hydrogen-bond acceptors (Lipinski definition) is 5. The highest BCUT2D eigenvalue weighted by atomic mass is 35.5. The van der Waals surface area contributed by atoms with Crippen LogP contribution in [-0.4, -0.2) is 16.3 Å². The quantitative estimate of drug-likeness (QED) is 0.490. The minimum absolute atomic E-state index is 0.197. The molecule has 0 unspecified atom stereocenters. The van der Waals surface area contributed by atoms with Crippen LogP contribution in [0.5, 0.6) is 5.75 Å². The van der Waals surface area contributed by atoms with Gasteiger partial charge in [0.05, 0.1) is 16.9 Å². The van der Waals surface area contributed by atoms with E-state index in [4.69, 9.17) is 23.2 Å². The zero-order chi connectivity index (χ0) is 16.2. The fraction of sp³-hybridized carbons (Fsp3) is 0. The van der Waals surface area contributed by atoms with E-state index in [1.807, 2.05) is 17.5 Å². The van der Waals surface area contributed by atoms with E-state index in [1.54, 1.807) is 36.5 Å². The van der Waals surface area contributed by atoms with E-state index >= 15 is 0 Å². The van der Waals surface area contributed by atoms with Gasteiger partial charge in [0, 0.05) is 16.0 Å². The van der Waals surface area contributed by atoms with E-state index in [2.05, 4.69) is 15.5 Å². The zero-order valence-electron chi connectivity index (χ0n) is 11.7. The van der Waals surface area contributed by atoms with Crippen LogP contribution in [0.3, 0.4) is 0 Å². The largest absolute Gasteiger partial charge is 0.508 e. The van der Waals surface area contributed by atoms with E-state index in [0.29, 0.717) is 15.2 Å². The Morgan fingerprint density at radius 1 is 1.17 bits per heavy atom. The minimum atomic E-state index is 0.197. The number of rotatable bonds is 4. The molecule has 0 amide bonds. The van der Waals surface area contributed by atoms with Crippen LogP contribution >= 0.6 is 34.5 Å². The predicted octanol–water partition coefficient (Wildman–Crippen LogP) is 5.27. The predicted molar refractivity (Wildman–Crippen MR) is 96.9 cm³/mol. The molecule has 1 heterocycles. The number of thiazole rings is 1. The number of benzene rings is 2. The first-order valence-electron chi connectivity index (χ1n) is 6.61. The van der Waals surface area contributed by atoms with Crippen LogP contribution in [0.15, 0.2) is 52.9 Å². The number of aromatic nitrogens is 1. The summed E-state index contributed by atoms with van der Waals surface area (Å²) in [7, 11) is 0. The van der Waals surface area contributed by atoms with Crippen LogP contribution in [0, 0.1) is 0 Å². The molecule has 0 aliphatic carbocycles. The second kappa shape index (κ2) is 7.00. The minimum Gasteiger partial charge on any atom is -0.508 e. The van der Waals surface area contributed by atoms with Crippen molar-refractivity contribution in [2.45, 2.75) is 0 Å².